The molecule has 0 bridgehead atoms. The van der Waals surface area contributed by atoms with Crippen molar-refractivity contribution in [1.29, 1.82) is 0 Å². The van der Waals surface area contributed by atoms with E-state index < -0.39 is 0 Å². The Morgan fingerprint density at radius 1 is 1.43 bits per heavy atom. The van der Waals surface area contributed by atoms with Crippen molar-refractivity contribution in [1.82, 2.24) is 5.32 Å². The van der Waals surface area contributed by atoms with Gasteiger partial charge >= 0.3 is 0 Å². The van der Waals surface area contributed by atoms with Crippen LogP contribution < -0.4 is 10.1 Å². The summed E-state index contributed by atoms with van der Waals surface area (Å²) in [4.78, 5) is 10.7. The van der Waals surface area contributed by atoms with Crippen LogP contribution >= 0.6 is 0 Å². The standard InChI is InChI=1S/C11H13NO2/c1-2-14-9-5-3-8(4-6-9)10-7-11(13)12-10/h3-6,10H,2,7H2,1H3,(H,12,13). The van der Waals surface area contributed by atoms with Gasteiger partial charge in [0, 0.05) is 0 Å². The maximum absolute atomic E-state index is 10.7. The van der Waals surface area contributed by atoms with E-state index in [1.54, 1.807) is 0 Å². The van der Waals surface area contributed by atoms with Gasteiger partial charge in [0.25, 0.3) is 0 Å². The van der Waals surface area contributed by atoms with Crippen molar-refractivity contribution < 1.29 is 9.53 Å². The van der Waals surface area contributed by atoms with E-state index in [9.17, 15) is 4.79 Å². The summed E-state index contributed by atoms with van der Waals surface area (Å²) < 4.78 is 5.33. The second-order valence-electron chi connectivity index (χ2n) is 3.33. The quantitative estimate of drug-likeness (QED) is 0.738. The predicted molar refractivity (Wildman–Crippen MR) is 53.1 cm³/mol. The molecule has 1 saturated heterocycles. The number of hydrogen-bond donors (Lipinski definition) is 1. The molecule has 2 rings (SSSR count). The smallest absolute Gasteiger partial charge is 0.222 e. The lowest BCUT2D eigenvalue weighted by molar-refractivity contribution is -0.128. The van der Waals surface area contributed by atoms with Crippen LogP contribution in [0.5, 0.6) is 5.75 Å². The predicted octanol–water partition coefficient (Wildman–Crippen LogP) is 1.65. The number of benzene rings is 1. The van der Waals surface area contributed by atoms with Crippen molar-refractivity contribution in [2.24, 2.45) is 0 Å². The summed E-state index contributed by atoms with van der Waals surface area (Å²) >= 11 is 0. The van der Waals surface area contributed by atoms with Crippen molar-refractivity contribution in [2.45, 2.75) is 19.4 Å². The maximum atomic E-state index is 10.7. The van der Waals surface area contributed by atoms with Gasteiger partial charge in [-0.05, 0) is 24.6 Å². The minimum absolute atomic E-state index is 0.129. The molecule has 3 heteroatoms. The molecular formula is C11H13NO2. The van der Waals surface area contributed by atoms with Gasteiger partial charge in [-0.15, -0.1) is 0 Å². The molecule has 1 aromatic carbocycles. The number of ether oxygens (including phenoxy) is 1. The molecule has 1 aliphatic heterocycles. The molecule has 0 aliphatic carbocycles. The lowest BCUT2D eigenvalue weighted by Crippen LogP contribution is -2.41. The van der Waals surface area contributed by atoms with Gasteiger partial charge in [0.05, 0.1) is 19.1 Å². The molecule has 1 aromatic rings. The second-order valence-corrected chi connectivity index (χ2v) is 3.33. The SMILES string of the molecule is CCOc1ccc(C2CC(=O)N2)cc1. The van der Waals surface area contributed by atoms with Crippen LogP contribution in [-0.2, 0) is 4.79 Å². The zero-order valence-electron chi connectivity index (χ0n) is 8.12. The summed E-state index contributed by atoms with van der Waals surface area (Å²) in [5, 5.41) is 2.83. The zero-order valence-corrected chi connectivity index (χ0v) is 8.12. The molecule has 1 fully saturated rings. The fourth-order valence-electron chi connectivity index (χ4n) is 1.52. The van der Waals surface area contributed by atoms with Crippen LogP contribution in [0.3, 0.4) is 0 Å². The average molecular weight is 191 g/mol. The third-order valence-electron chi connectivity index (χ3n) is 2.32. The van der Waals surface area contributed by atoms with Crippen LogP contribution in [0, 0.1) is 0 Å². The van der Waals surface area contributed by atoms with Crippen molar-refractivity contribution in [3.63, 3.8) is 0 Å². The van der Waals surface area contributed by atoms with Gasteiger partial charge in [0.15, 0.2) is 0 Å². The molecule has 0 saturated carbocycles. The molecule has 1 heterocycles. The third kappa shape index (κ3) is 1.71. The summed E-state index contributed by atoms with van der Waals surface area (Å²) in [6.45, 7) is 2.64. The number of amides is 1. The highest BCUT2D eigenvalue weighted by atomic mass is 16.5. The highest BCUT2D eigenvalue weighted by molar-refractivity contribution is 5.83. The van der Waals surface area contributed by atoms with Crippen LogP contribution in [0.25, 0.3) is 0 Å². The molecule has 74 valence electrons. The van der Waals surface area contributed by atoms with E-state index in [1.807, 2.05) is 31.2 Å². The lowest BCUT2D eigenvalue weighted by Gasteiger charge is -2.27. The van der Waals surface area contributed by atoms with E-state index in [0.717, 1.165) is 11.3 Å². The first-order valence-electron chi connectivity index (χ1n) is 4.81. The van der Waals surface area contributed by atoms with Gasteiger partial charge in [0.2, 0.25) is 5.91 Å². The minimum Gasteiger partial charge on any atom is -0.494 e. The Morgan fingerprint density at radius 3 is 2.57 bits per heavy atom. The number of hydrogen-bond acceptors (Lipinski definition) is 2. The minimum atomic E-state index is 0.129. The van der Waals surface area contributed by atoms with Gasteiger partial charge in [-0.3, -0.25) is 4.79 Å². The molecule has 3 nitrogen and oxygen atoms in total. The van der Waals surface area contributed by atoms with Crippen LogP contribution in [0.4, 0.5) is 0 Å². The van der Waals surface area contributed by atoms with Gasteiger partial charge in [0.1, 0.15) is 5.75 Å². The number of nitrogens with one attached hydrogen (secondary N) is 1. The van der Waals surface area contributed by atoms with E-state index in [2.05, 4.69) is 5.32 Å². The lowest BCUT2D eigenvalue weighted by atomic mass is 9.97. The molecule has 1 aliphatic rings. The summed E-state index contributed by atoms with van der Waals surface area (Å²) in [5.74, 6) is 1.01. The first-order valence-corrected chi connectivity index (χ1v) is 4.81. The van der Waals surface area contributed by atoms with E-state index in [1.165, 1.54) is 0 Å². The maximum Gasteiger partial charge on any atom is 0.222 e. The Labute approximate surface area is 83.1 Å². The molecule has 14 heavy (non-hydrogen) atoms. The number of carbonyl (C=O) groups is 1. The Balaban J connectivity index is 2.03. The summed E-state index contributed by atoms with van der Waals surface area (Å²) in [6.07, 6.45) is 0.605. The molecule has 1 unspecified atom stereocenters. The molecule has 0 aromatic heterocycles. The van der Waals surface area contributed by atoms with Gasteiger partial charge in [-0.25, -0.2) is 0 Å². The summed E-state index contributed by atoms with van der Waals surface area (Å²) in [6, 6.07) is 8.06. The fourth-order valence-corrected chi connectivity index (χ4v) is 1.52. The largest absolute Gasteiger partial charge is 0.494 e. The van der Waals surface area contributed by atoms with Crippen LogP contribution in [0.15, 0.2) is 24.3 Å². The molecule has 0 spiro atoms. The zero-order chi connectivity index (χ0) is 9.97. The monoisotopic (exact) mass is 191 g/mol. The summed E-state index contributed by atoms with van der Waals surface area (Å²) in [5.41, 5.74) is 1.15. The van der Waals surface area contributed by atoms with Gasteiger partial charge in [-0.2, -0.15) is 0 Å². The molecular weight excluding hydrogens is 178 g/mol. The van der Waals surface area contributed by atoms with E-state index in [-0.39, 0.29) is 11.9 Å². The van der Waals surface area contributed by atoms with Gasteiger partial charge in [-0.1, -0.05) is 12.1 Å². The Bertz CT molecular complexity index is 324. The fraction of sp³-hybridized carbons (Fsp3) is 0.364. The van der Waals surface area contributed by atoms with Crippen LogP contribution in [0.2, 0.25) is 0 Å². The first kappa shape index (κ1) is 9.06. The van der Waals surface area contributed by atoms with E-state index >= 15 is 0 Å². The number of rotatable bonds is 3. The topological polar surface area (TPSA) is 38.3 Å². The highest BCUT2D eigenvalue weighted by Gasteiger charge is 2.26. The van der Waals surface area contributed by atoms with Crippen molar-refractivity contribution in [3.8, 4) is 5.75 Å². The molecule has 0 radical (unpaired) electrons. The molecule has 1 atom stereocenters. The average Bonchev–Trinajstić information content (AvgIpc) is 2.15. The number of β-lactam (4-membered cyclic amide) rings is 1. The van der Waals surface area contributed by atoms with E-state index in [4.69, 9.17) is 4.74 Å². The normalized spacial score (nSPS) is 19.8. The first-order chi connectivity index (χ1) is 6.79. The van der Waals surface area contributed by atoms with Crippen LogP contribution in [-0.4, -0.2) is 12.5 Å². The summed E-state index contributed by atoms with van der Waals surface area (Å²) in [7, 11) is 0. The van der Waals surface area contributed by atoms with E-state index in [0.29, 0.717) is 13.0 Å². The second kappa shape index (κ2) is 3.70. The molecule has 1 amide bonds. The number of carbonyl (C=O) groups excluding carboxylic acids is 1. The Kier molecular flexibility index (Phi) is 2.39. The van der Waals surface area contributed by atoms with Crippen molar-refractivity contribution in [2.75, 3.05) is 6.61 Å². The molecule has 1 N–H and O–H groups in total. The van der Waals surface area contributed by atoms with Crippen molar-refractivity contribution in [3.05, 3.63) is 29.8 Å². The Morgan fingerprint density at radius 2 is 2.07 bits per heavy atom. The highest BCUT2D eigenvalue weighted by Crippen LogP contribution is 2.25. The van der Waals surface area contributed by atoms with Crippen molar-refractivity contribution >= 4 is 5.91 Å². The third-order valence-corrected chi connectivity index (χ3v) is 2.32. The Hall–Kier alpha value is -1.51. The van der Waals surface area contributed by atoms with Crippen LogP contribution in [0.1, 0.15) is 24.9 Å². The van der Waals surface area contributed by atoms with Gasteiger partial charge < -0.3 is 10.1 Å².